The van der Waals surface area contributed by atoms with Crippen molar-refractivity contribution in [3.63, 3.8) is 0 Å². The van der Waals surface area contributed by atoms with E-state index in [9.17, 15) is 0 Å². The number of aromatic nitrogens is 6. The van der Waals surface area contributed by atoms with Gasteiger partial charge in [0.05, 0.1) is 0 Å². The number of oxazole rings is 6. The van der Waals surface area contributed by atoms with E-state index in [0.717, 1.165) is 0 Å². The molecular formula is C26H16N8O7S. The molecule has 3 aliphatic heterocycles. The summed E-state index contributed by atoms with van der Waals surface area (Å²) in [4.78, 5) is 32.2. The molecule has 2 atom stereocenters. The fraction of sp³-hybridized carbons (Fsp3) is 0.192. The van der Waals surface area contributed by atoms with Gasteiger partial charge in [-0.2, -0.15) is 0 Å². The lowest BCUT2D eigenvalue weighted by Gasteiger charge is -2.07. The van der Waals surface area contributed by atoms with Crippen LogP contribution in [0.25, 0.3) is 52.0 Å². The largest absolute Gasteiger partial charge is 0.470 e. The van der Waals surface area contributed by atoms with Crippen molar-refractivity contribution < 1.29 is 31.2 Å². The van der Waals surface area contributed by atoms with Crippen LogP contribution in [0.1, 0.15) is 47.0 Å². The molecule has 9 rings (SSSR count). The van der Waals surface area contributed by atoms with Crippen LogP contribution in [0.3, 0.4) is 0 Å². The first-order valence-electron chi connectivity index (χ1n) is 12.7. The van der Waals surface area contributed by atoms with E-state index in [-0.39, 0.29) is 29.6 Å². The molecule has 3 aliphatic rings. The van der Waals surface area contributed by atoms with Gasteiger partial charge in [0.1, 0.15) is 71.0 Å². The predicted octanol–water partition coefficient (Wildman–Crippen LogP) is 5.06. The number of aryl methyl sites for hydroxylation is 2. The smallest absolute Gasteiger partial charge is 0.249 e. The van der Waals surface area contributed by atoms with Crippen LogP contribution in [0, 0.1) is 13.8 Å². The van der Waals surface area contributed by atoms with Crippen LogP contribution in [0.15, 0.2) is 62.8 Å². The van der Waals surface area contributed by atoms with E-state index in [1.54, 1.807) is 20.1 Å². The van der Waals surface area contributed by atoms with Gasteiger partial charge in [0.25, 0.3) is 0 Å². The molecule has 208 valence electrons. The van der Waals surface area contributed by atoms with Crippen molar-refractivity contribution in [2.24, 2.45) is 4.99 Å². The Bertz CT molecular complexity index is 2070. The second kappa shape index (κ2) is 8.56. The highest BCUT2D eigenvalue weighted by molar-refractivity contribution is 8.14. The van der Waals surface area contributed by atoms with Gasteiger partial charge in [-0.1, -0.05) is 0 Å². The van der Waals surface area contributed by atoms with Crippen molar-refractivity contribution in [1.29, 1.82) is 0 Å². The number of ether oxygens (including phenoxy) is 1. The summed E-state index contributed by atoms with van der Waals surface area (Å²) in [6.07, 6.45) is 6.76. The van der Waals surface area contributed by atoms with Crippen molar-refractivity contribution in [2.45, 2.75) is 26.1 Å². The van der Waals surface area contributed by atoms with Gasteiger partial charge in [0, 0.05) is 5.75 Å². The molecule has 0 aromatic carbocycles. The molecule has 0 spiro atoms. The number of aliphatic imine (C=N–C) groups is 1. The Morgan fingerprint density at radius 1 is 0.714 bits per heavy atom. The molecule has 9 heterocycles. The zero-order valence-corrected chi connectivity index (χ0v) is 22.5. The molecule has 0 radical (unpaired) electrons. The van der Waals surface area contributed by atoms with Crippen molar-refractivity contribution in [1.82, 2.24) is 35.2 Å². The first-order chi connectivity index (χ1) is 20.6. The van der Waals surface area contributed by atoms with Gasteiger partial charge >= 0.3 is 0 Å². The Labute approximate surface area is 238 Å². The first-order valence-corrected chi connectivity index (χ1v) is 13.7. The summed E-state index contributed by atoms with van der Waals surface area (Å²) < 4.78 is 40.4. The predicted molar refractivity (Wildman–Crippen MR) is 141 cm³/mol. The Hall–Kier alpha value is -5.38. The third-order valence-corrected chi connectivity index (χ3v) is 7.82. The second-order valence-electron chi connectivity index (χ2n) is 9.52. The molecule has 6 aromatic heterocycles. The zero-order valence-electron chi connectivity index (χ0n) is 21.6. The van der Waals surface area contributed by atoms with Crippen LogP contribution < -0.4 is 5.32 Å². The number of fused-ring (bicyclic) bond motifs is 23. The summed E-state index contributed by atoms with van der Waals surface area (Å²) >= 11 is 1.53. The van der Waals surface area contributed by atoms with Crippen molar-refractivity contribution in [2.75, 3.05) is 5.75 Å². The third-order valence-electron chi connectivity index (χ3n) is 6.75. The average Bonchev–Trinajstić information content (AvgIpc) is 3.81. The maximum atomic E-state index is 6.00. The van der Waals surface area contributed by atoms with Gasteiger partial charge in [0.2, 0.25) is 41.6 Å². The second-order valence-corrected chi connectivity index (χ2v) is 10.5. The highest BCUT2D eigenvalue weighted by Crippen LogP contribution is 2.37. The van der Waals surface area contributed by atoms with Gasteiger partial charge in [-0.25, -0.2) is 29.9 Å². The molecule has 0 amide bonds. The summed E-state index contributed by atoms with van der Waals surface area (Å²) in [7, 11) is 0. The van der Waals surface area contributed by atoms with E-state index in [1.165, 1.54) is 36.8 Å². The van der Waals surface area contributed by atoms with Crippen LogP contribution in [-0.2, 0) is 4.74 Å². The minimum atomic E-state index is -0.622. The molecular weight excluding hydrogens is 568 g/mol. The lowest BCUT2D eigenvalue weighted by molar-refractivity contribution is 0.150. The lowest BCUT2D eigenvalue weighted by Crippen LogP contribution is -2.15. The normalized spacial score (nSPS) is 18.7. The van der Waals surface area contributed by atoms with Crippen molar-refractivity contribution >= 4 is 22.5 Å². The number of hydrogen-bond donors (Lipinski definition) is 1. The molecule has 0 saturated heterocycles. The summed E-state index contributed by atoms with van der Waals surface area (Å²) in [6.45, 7) is 3.56. The van der Waals surface area contributed by atoms with E-state index in [0.29, 0.717) is 74.0 Å². The van der Waals surface area contributed by atoms with E-state index < -0.39 is 6.23 Å². The van der Waals surface area contributed by atoms with E-state index in [2.05, 4.69) is 35.2 Å². The van der Waals surface area contributed by atoms with Gasteiger partial charge in [-0.05, 0) is 13.8 Å². The van der Waals surface area contributed by atoms with Crippen molar-refractivity contribution in [3.8, 4) is 46.3 Å². The van der Waals surface area contributed by atoms with E-state index in [4.69, 9.17) is 36.2 Å². The molecule has 16 heteroatoms. The maximum Gasteiger partial charge on any atom is 0.249 e. The van der Waals surface area contributed by atoms with Gasteiger partial charge in [0.15, 0.2) is 22.8 Å². The molecule has 1 N–H and O–H groups in total. The fourth-order valence-electron chi connectivity index (χ4n) is 4.69. The molecule has 0 saturated carbocycles. The zero-order chi connectivity index (χ0) is 27.9. The van der Waals surface area contributed by atoms with Crippen LogP contribution in [0.2, 0.25) is 0 Å². The Kier molecular flexibility index (Phi) is 4.76. The highest BCUT2D eigenvalue weighted by atomic mass is 32.2. The number of rotatable bonds is 0. The molecule has 2 unspecified atom stereocenters. The fourth-order valence-corrected chi connectivity index (χ4v) is 5.66. The van der Waals surface area contributed by atoms with Crippen LogP contribution in [0.4, 0.5) is 0 Å². The quantitative estimate of drug-likeness (QED) is 0.249. The Morgan fingerprint density at radius 2 is 1.40 bits per heavy atom. The number of hydrogen-bond acceptors (Lipinski definition) is 16. The average molecular weight is 585 g/mol. The van der Waals surface area contributed by atoms with Crippen molar-refractivity contribution in [3.05, 3.63) is 66.0 Å². The molecule has 15 nitrogen and oxygen atoms in total. The summed E-state index contributed by atoms with van der Waals surface area (Å²) in [5, 5.41) is 3.90. The minimum Gasteiger partial charge on any atom is -0.470 e. The molecule has 42 heavy (non-hydrogen) atoms. The van der Waals surface area contributed by atoms with Gasteiger partial charge in [-0.3, -0.25) is 4.99 Å². The molecule has 16 bridgehead atoms. The summed E-state index contributed by atoms with van der Waals surface area (Å²) in [6, 6.07) is -0.323. The minimum absolute atomic E-state index is 0.209. The topological polar surface area (TPSA) is 190 Å². The number of nitrogens with one attached hydrogen (secondary N) is 1. The summed E-state index contributed by atoms with van der Waals surface area (Å²) in [5.74, 6) is 3.40. The molecule has 0 aliphatic carbocycles. The Morgan fingerprint density at radius 3 is 2.31 bits per heavy atom. The number of nitrogens with zero attached hydrogens (tertiary/aromatic N) is 7. The highest BCUT2D eigenvalue weighted by Gasteiger charge is 2.32. The lowest BCUT2D eigenvalue weighted by atomic mass is 10.3. The maximum absolute atomic E-state index is 6.00. The standard InChI is InChI=1S/C26H16N8O7S/c1-9-17-24-30-14(6-39-24)21-28-12(4-37-21)19-27-11(3-35-19)20-29-13(5-36-20)22-31-15(7-38-22)26-32-16(8-42-26)23-33-18(10(2)40-23)25(34-17)41-9/h3-7,16,20,29H,8H2,1-2H3. The van der Waals surface area contributed by atoms with Gasteiger partial charge < -0.3 is 36.6 Å². The monoisotopic (exact) mass is 584 g/mol. The summed E-state index contributed by atoms with van der Waals surface area (Å²) in [5.41, 5.74) is 3.22. The third kappa shape index (κ3) is 3.58. The first kappa shape index (κ1) is 23.3. The Balaban J connectivity index is 1.15. The van der Waals surface area contributed by atoms with Crippen LogP contribution in [0.5, 0.6) is 0 Å². The van der Waals surface area contributed by atoms with E-state index in [1.807, 2.05) is 0 Å². The SMILES string of the molecule is Cc1oc2nc1-c1nc(co1)-c1nc(co1)-c1nc(co1)C1NC(=CO1)c1nc(co1)C1=NC(CS1)c1nc-2c(C)o1. The van der Waals surface area contributed by atoms with Gasteiger partial charge in [-0.15, -0.1) is 11.8 Å². The molecule has 6 aromatic rings. The van der Waals surface area contributed by atoms with Crippen LogP contribution >= 0.6 is 11.8 Å². The number of thioether (sulfide) groups is 1. The van der Waals surface area contributed by atoms with Crippen LogP contribution in [-0.4, -0.2) is 40.7 Å². The molecule has 0 fully saturated rings. The van der Waals surface area contributed by atoms with E-state index >= 15 is 0 Å².